The van der Waals surface area contributed by atoms with Crippen molar-refractivity contribution in [1.82, 2.24) is 15.4 Å². The molecule has 0 radical (unpaired) electrons. The van der Waals surface area contributed by atoms with E-state index in [0.717, 1.165) is 35.7 Å². The fraction of sp³-hybridized carbons (Fsp3) is 0.500. The molecule has 2 heterocycles. The largest absolute Gasteiger partial charge is 0.496 e. The number of methoxy groups -OCH3 is 1. The van der Waals surface area contributed by atoms with E-state index in [-0.39, 0.29) is 17.2 Å². The van der Waals surface area contributed by atoms with Crippen molar-refractivity contribution in [2.75, 3.05) is 24.3 Å². The van der Waals surface area contributed by atoms with Gasteiger partial charge in [-0.1, -0.05) is 18.7 Å². The summed E-state index contributed by atoms with van der Waals surface area (Å²) in [7, 11) is 1.66. The molecule has 1 aliphatic heterocycles. The number of hydrogen-bond acceptors (Lipinski definition) is 7. The van der Waals surface area contributed by atoms with Crippen molar-refractivity contribution in [2.24, 2.45) is 5.10 Å². The van der Waals surface area contributed by atoms with E-state index in [1.807, 2.05) is 19.9 Å². The van der Waals surface area contributed by atoms with E-state index in [9.17, 15) is 4.79 Å². The van der Waals surface area contributed by atoms with Crippen LogP contribution in [0.2, 0.25) is 0 Å². The Balaban J connectivity index is 1.71. The summed E-state index contributed by atoms with van der Waals surface area (Å²) in [5.74, 6) is 1.14. The predicted molar refractivity (Wildman–Crippen MR) is 131 cm³/mol. The van der Waals surface area contributed by atoms with Gasteiger partial charge in [0.05, 0.1) is 19.1 Å². The van der Waals surface area contributed by atoms with Crippen LogP contribution in [0.1, 0.15) is 62.5 Å². The average Bonchev–Trinajstić information content (AvgIpc) is 2.71. The van der Waals surface area contributed by atoms with Crippen molar-refractivity contribution in [3.8, 4) is 5.75 Å². The average molecular weight is 456 g/mol. The lowest BCUT2D eigenvalue weighted by molar-refractivity contribution is -0.118. The van der Waals surface area contributed by atoms with Crippen molar-refractivity contribution in [2.45, 2.75) is 64.6 Å². The Labute approximate surface area is 195 Å². The number of nitrogens with zero attached hydrogens (tertiary/aromatic N) is 4. The number of thioether (sulfide) groups is 1. The molecule has 0 fully saturated rings. The molecule has 2 aromatic rings. The van der Waals surface area contributed by atoms with Crippen molar-refractivity contribution in [3.05, 3.63) is 40.7 Å². The monoisotopic (exact) mass is 455 g/mol. The number of carbonyl (C=O) groups excluding carboxylic acids is 1. The van der Waals surface area contributed by atoms with Gasteiger partial charge in [0.15, 0.2) is 5.16 Å². The van der Waals surface area contributed by atoms with Crippen molar-refractivity contribution in [3.63, 3.8) is 0 Å². The van der Waals surface area contributed by atoms with Crippen LogP contribution in [0.3, 0.4) is 0 Å². The van der Waals surface area contributed by atoms with Crippen LogP contribution in [0.5, 0.6) is 5.75 Å². The summed E-state index contributed by atoms with van der Waals surface area (Å²) in [6.07, 6.45) is 2.73. The first-order valence-electron chi connectivity index (χ1n) is 10.9. The van der Waals surface area contributed by atoms with Gasteiger partial charge in [-0.25, -0.2) is 15.4 Å². The lowest BCUT2D eigenvalue weighted by Crippen LogP contribution is -2.48. The van der Waals surface area contributed by atoms with Crippen molar-refractivity contribution >= 4 is 29.6 Å². The molecule has 1 amide bonds. The quantitative estimate of drug-likeness (QED) is 0.287. The molecule has 0 bridgehead atoms. The zero-order valence-electron chi connectivity index (χ0n) is 20.0. The lowest BCUT2D eigenvalue weighted by Gasteiger charge is -2.47. The van der Waals surface area contributed by atoms with Crippen LogP contribution in [0.25, 0.3) is 0 Å². The van der Waals surface area contributed by atoms with E-state index < -0.39 is 0 Å². The molecule has 7 nitrogen and oxygen atoms in total. The molecular formula is C24H33N5O2S. The molecule has 0 saturated carbocycles. The minimum absolute atomic E-state index is 0.0903. The zero-order chi connectivity index (χ0) is 23.5. The number of anilines is 1. The second-order valence-electron chi connectivity index (χ2n) is 8.83. The first-order chi connectivity index (χ1) is 15.1. The molecule has 1 aliphatic rings. The SMILES string of the molecule is CCN1c2cc(OC)c(/C=N\NC(=O)CSc3nc(C)cc(C)n3)cc2C(C)CC1(C)C. The van der Waals surface area contributed by atoms with E-state index in [4.69, 9.17) is 4.74 Å². The fourth-order valence-electron chi connectivity index (χ4n) is 4.50. The Hall–Kier alpha value is -2.61. The van der Waals surface area contributed by atoms with Gasteiger partial charge in [-0.3, -0.25) is 4.79 Å². The molecule has 0 saturated heterocycles. The van der Waals surface area contributed by atoms with Gasteiger partial charge in [0.25, 0.3) is 5.91 Å². The molecule has 0 spiro atoms. The zero-order valence-corrected chi connectivity index (χ0v) is 20.8. The van der Waals surface area contributed by atoms with Crippen LogP contribution < -0.4 is 15.1 Å². The normalized spacial score (nSPS) is 17.3. The van der Waals surface area contributed by atoms with E-state index in [2.05, 4.69) is 65.2 Å². The standard InChI is InChI=1S/C24H33N5O2S/c1-8-29-20-11-21(31-7)18(10-19(20)15(2)12-24(29,5)6)13-25-28-22(30)14-32-23-26-16(3)9-17(4)27-23/h9-11,13,15H,8,12,14H2,1-7H3,(H,28,30)/b25-13-. The molecule has 0 aliphatic carbocycles. The number of aryl methyl sites for hydroxylation is 2. The Morgan fingerprint density at radius 1 is 1.31 bits per heavy atom. The summed E-state index contributed by atoms with van der Waals surface area (Å²) in [6, 6.07) is 6.12. The molecule has 8 heteroatoms. The third-order valence-electron chi connectivity index (χ3n) is 5.74. The molecule has 1 aromatic carbocycles. The minimum Gasteiger partial charge on any atom is -0.496 e. The highest BCUT2D eigenvalue weighted by atomic mass is 32.2. The van der Waals surface area contributed by atoms with E-state index >= 15 is 0 Å². The van der Waals surface area contributed by atoms with Crippen LogP contribution >= 0.6 is 11.8 Å². The van der Waals surface area contributed by atoms with Gasteiger partial charge in [-0.15, -0.1) is 0 Å². The molecule has 1 aromatic heterocycles. The number of carbonyl (C=O) groups is 1. The number of ether oxygens (including phenoxy) is 1. The first-order valence-corrected chi connectivity index (χ1v) is 11.9. The van der Waals surface area contributed by atoms with Gasteiger partial charge in [-0.2, -0.15) is 5.10 Å². The number of fused-ring (bicyclic) bond motifs is 1. The van der Waals surface area contributed by atoms with Gasteiger partial charge in [-0.05, 0) is 64.7 Å². The summed E-state index contributed by atoms with van der Waals surface area (Å²) in [6.45, 7) is 13.8. The highest BCUT2D eigenvalue weighted by Crippen LogP contribution is 2.45. The van der Waals surface area contributed by atoms with Gasteiger partial charge in [0, 0.05) is 40.8 Å². The number of rotatable bonds is 7. The Kier molecular flexibility index (Phi) is 7.44. The Morgan fingerprint density at radius 2 is 2.00 bits per heavy atom. The molecule has 32 heavy (non-hydrogen) atoms. The number of benzene rings is 1. The van der Waals surface area contributed by atoms with Gasteiger partial charge in [0.1, 0.15) is 5.75 Å². The van der Waals surface area contributed by atoms with E-state index in [0.29, 0.717) is 11.1 Å². The van der Waals surface area contributed by atoms with Crippen molar-refractivity contribution in [1.29, 1.82) is 0 Å². The first kappa shape index (κ1) is 24.0. The van der Waals surface area contributed by atoms with E-state index in [1.165, 1.54) is 23.0 Å². The topological polar surface area (TPSA) is 79.7 Å². The lowest BCUT2D eigenvalue weighted by atomic mass is 9.79. The Morgan fingerprint density at radius 3 is 2.62 bits per heavy atom. The number of hydrazone groups is 1. The molecular weight excluding hydrogens is 422 g/mol. The smallest absolute Gasteiger partial charge is 0.250 e. The van der Waals surface area contributed by atoms with Crippen LogP contribution in [-0.2, 0) is 4.79 Å². The summed E-state index contributed by atoms with van der Waals surface area (Å²) in [4.78, 5) is 23.3. The highest BCUT2D eigenvalue weighted by molar-refractivity contribution is 7.99. The fourth-order valence-corrected chi connectivity index (χ4v) is 5.24. The van der Waals surface area contributed by atoms with E-state index in [1.54, 1.807) is 13.3 Å². The maximum atomic E-state index is 12.2. The number of amides is 1. The molecule has 1 atom stereocenters. The Bertz CT molecular complexity index is 1000. The third kappa shape index (κ3) is 5.41. The summed E-state index contributed by atoms with van der Waals surface area (Å²) < 4.78 is 5.64. The van der Waals surface area contributed by atoms with Crippen LogP contribution in [-0.4, -0.2) is 47.0 Å². The summed E-state index contributed by atoms with van der Waals surface area (Å²) in [5.41, 5.74) is 7.79. The number of hydrogen-bond donors (Lipinski definition) is 1. The van der Waals surface area contributed by atoms with Crippen LogP contribution in [0, 0.1) is 13.8 Å². The maximum absolute atomic E-state index is 12.2. The maximum Gasteiger partial charge on any atom is 0.250 e. The second kappa shape index (κ2) is 9.90. The summed E-state index contributed by atoms with van der Waals surface area (Å²) >= 11 is 1.29. The second-order valence-corrected chi connectivity index (χ2v) is 9.77. The molecule has 1 N–H and O–H groups in total. The number of aromatic nitrogens is 2. The highest BCUT2D eigenvalue weighted by Gasteiger charge is 2.36. The minimum atomic E-state index is -0.210. The molecule has 1 unspecified atom stereocenters. The predicted octanol–water partition coefficient (Wildman–Crippen LogP) is 4.46. The van der Waals surface area contributed by atoms with Gasteiger partial charge in [0.2, 0.25) is 0 Å². The number of nitrogens with one attached hydrogen (secondary N) is 1. The molecule has 172 valence electrons. The van der Waals surface area contributed by atoms with Crippen LogP contribution in [0.15, 0.2) is 28.5 Å². The molecule has 3 rings (SSSR count). The third-order valence-corrected chi connectivity index (χ3v) is 6.59. The van der Waals surface area contributed by atoms with Crippen molar-refractivity contribution < 1.29 is 9.53 Å². The van der Waals surface area contributed by atoms with Gasteiger partial charge >= 0.3 is 0 Å². The van der Waals surface area contributed by atoms with Gasteiger partial charge < -0.3 is 9.64 Å². The van der Waals surface area contributed by atoms with Crippen LogP contribution in [0.4, 0.5) is 5.69 Å². The summed E-state index contributed by atoms with van der Waals surface area (Å²) in [5, 5.41) is 4.76.